The van der Waals surface area contributed by atoms with Gasteiger partial charge in [0, 0.05) is 56.1 Å². The van der Waals surface area contributed by atoms with Crippen LogP contribution in [-0.2, 0) is 6.54 Å². The number of imidazole rings is 1. The van der Waals surface area contributed by atoms with Crippen LogP contribution in [0.25, 0.3) is 16.6 Å². The van der Waals surface area contributed by atoms with Crippen LogP contribution < -0.4 is 10.1 Å². The third-order valence-electron chi connectivity index (χ3n) is 7.25. The summed E-state index contributed by atoms with van der Waals surface area (Å²) in [6, 6.07) is 13.1. The molecule has 10 nitrogen and oxygen atoms in total. The first-order valence-electron chi connectivity index (χ1n) is 13.3. The Balaban J connectivity index is 0.00000169. The highest BCUT2D eigenvalue weighted by Crippen LogP contribution is 2.31. The van der Waals surface area contributed by atoms with E-state index in [0.29, 0.717) is 35.2 Å². The van der Waals surface area contributed by atoms with Crippen LogP contribution in [0.2, 0.25) is 5.02 Å². The van der Waals surface area contributed by atoms with E-state index in [4.69, 9.17) is 16.3 Å². The Morgan fingerprint density at radius 3 is 2.60 bits per heavy atom. The van der Waals surface area contributed by atoms with E-state index in [1.54, 1.807) is 33.6 Å². The van der Waals surface area contributed by atoms with Crippen molar-refractivity contribution in [2.24, 2.45) is 0 Å². The van der Waals surface area contributed by atoms with E-state index in [1.165, 1.54) is 0 Å². The highest BCUT2D eigenvalue weighted by Gasteiger charge is 2.18. The number of carbonyl (C=O) groups excluding carboxylic acids is 1. The monoisotopic (exact) mass is 666 g/mol. The number of nitrogens with zero attached hydrogens (tertiary/aromatic N) is 7. The van der Waals surface area contributed by atoms with Crippen LogP contribution in [0.1, 0.15) is 21.9 Å². The molecule has 1 saturated heterocycles. The molecule has 1 aliphatic heterocycles. The second-order valence-corrected chi connectivity index (χ2v) is 10.5. The molecule has 14 heteroatoms. The molecule has 0 saturated carbocycles. The Hall–Kier alpha value is -3.12. The Morgan fingerprint density at radius 2 is 1.84 bits per heavy atom. The number of nitrogens with one attached hydrogen (secondary N) is 1. The van der Waals surface area contributed by atoms with E-state index in [0.717, 1.165) is 60.8 Å². The lowest BCUT2D eigenvalue weighted by atomic mass is 10.2. The SMILES string of the molecule is Cc1cccc(Cn2ncc3c(NC(=O)c4cnc5cc(OCCN6CCN(C)CC6)ccn45)ccc(Cl)c32)n1.Cl.Cl.Cl. The van der Waals surface area contributed by atoms with E-state index < -0.39 is 0 Å². The first-order chi connectivity index (χ1) is 19.4. The number of rotatable bonds is 8. The summed E-state index contributed by atoms with van der Waals surface area (Å²) in [6.45, 7) is 8.19. The van der Waals surface area contributed by atoms with Gasteiger partial charge in [-0.05, 0) is 44.3 Å². The maximum atomic E-state index is 13.3. The summed E-state index contributed by atoms with van der Waals surface area (Å²) in [5.41, 5.74) is 4.22. The van der Waals surface area contributed by atoms with Gasteiger partial charge in [-0.2, -0.15) is 5.10 Å². The average Bonchev–Trinajstić information content (AvgIpc) is 3.56. The van der Waals surface area contributed by atoms with Crippen LogP contribution in [0, 0.1) is 6.92 Å². The zero-order chi connectivity index (χ0) is 27.6. The number of pyridine rings is 2. The van der Waals surface area contributed by atoms with E-state index in [9.17, 15) is 4.79 Å². The number of amides is 1. The van der Waals surface area contributed by atoms with Gasteiger partial charge in [0.1, 0.15) is 23.7 Å². The summed E-state index contributed by atoms with van der Waals surface area (Å²) in [6.07, 6.45) is 5.10. The summed E-state index contributed by atoms with van der Waals surface area (Å²) in [4.78, 5) is 27.1. The minimum absolute atomic E-state index is 0. The Kier molecular flexibility index (Phi) is 12.0. The van der Waals surface area contributed by atoms with Gasteiger partial charge < -0.3 is 15.0 Å². The standard InChI is InChI=1S/C29H31ClN8O2.3ClH/c1-20-4-3-5-21(33-20)19-38-28-23(17-32-38)25(7-6-24(28)30)34-29(39)26-18-31-27-16-22(8-9-37(26)27)40-15-14-36-12-10-35(2)11-13-36;;;/h3-9,16-18H,10-15,19H2,1-2H3,(H,34,39);3*1H. The Labute approximate surface area is 273 Å². The predicted octanol–water partition coefficient (Wildman–Crippen LogP) is 5.23. The smallest absolute Gasteiger partial charge is 0.274 e. The van der Waals surface area contributed by atoms with Crippen molar-refractivity contribution in [1.29, 1.82) is 0 Å². The molecular weight excluding hydrogens is 634 g/mol. The predicted molar refractivity (Wildman–Crippen MR) is 177 cm³/mol. The summed E-state index contributed by atoms with van der Waals surface area (Å²) >= 11 is 6.56. The van der Waals surface area contributed by atoms with Gasteiger partial charge in [0.05, 0.1) is 40.9 Å². The van der Waals surface area contributed by atoms with E-state index in [-0.39, 0.29) is 43.1 Å². The average molecular weight is 668 g/mol. The number of aromatic nitrogens is 5. The number of hydrogen-bond acceptors (Lipinski definition) is 7. The number of anilines is 1. The minimum atomic E-state index is -0.284. The van der Waals surface area contributed by atoms with Gasteiger partial charge in [0.2, 0.25) is 0 Å². The summed E-state index contributed by atoms with van der Waals surface area (Å²) in [5.74, 6) is 0.446. The zero-order valence-electron chi connectivity index (χ0n) is 23.8. The molecule has 1 aromatic carbocycles. The maximum Gasteiger partial charge on any atom is 0.274 e. The number of hydrogen-bond donors (Lipinski definition) is 1. The lowest BCUT2D eigenvalue weighted by Crippen LogP contribution is -2.45. The van der Waals surface area contributed by atoms with E-state index in [2.05, 4.69) is 37.2 Å². The maximum absolute atomic E-state index is 13.3. The van der Waals surface area contributed by atoms with Crippen LogP contribution in [-0.4, -0.2) is 86.2 Å². The number of aryl methyl sites for hydroxylation is 1. The summed E-state index contributed by atoms with van der Waals surface area (Å²) < 4.78 is 9.54. The summed E-state index contributed by atoms with van der Waals surface area (Å²) in [5, 5.41) is 8.84. The number of carbonyl (C=O) groups is 1. The quantitative estimate of drug-likeness (QED) is 0.242. The van der Waals surface area contributed by atoms with Gasteiger partial charge in [0.15, 0.2) is 0 Å². The largest absolute Gasteiger partial charge is 0.492 e. The number of likely N-dealkylation sites (N-methyl/N-ethyl adjacent to an activating group) is 1. The van der Waals surface area contributed by atoms with Crippen LogP contribution in [0.5, 0.6) is 5.75 Å². The molecule has 0 atom stereocenters. The Bertz CT molecular complexity index is 1680. The first-order valence-corrected chi connectivity index (χ1v) is 13.7. The molecule has 1 amide bonds. The van der Waals surface area contributed by atoms with Crippen molar-refractivity contribution < 1.29 is 9.53 Å². The number of ether oxygens (including phenoxy) is 1. The topological polar surface area (TPSA) is 92.8 Å². The summed E-state index contributed by atoms with van der Waals surface area (Å²) in [7, 11) is 2.15. The van der Waals surface area contributed by atoms with Crippen molar-refractivity contribution in [3.05, 3.63) is 83.2 Å². The molecule has 4 aromatic heterocycles. The third-order valence-corrected chi connectivity index (χ3v) is 7.55. The fourth-order valence-electron chi connectivity index (χ4n) is 5.00. The van der Waals surface area contributed by atoms with E-state index >= 15 is 0 Å². The fourth-order valence-corrected chi connectivity index (χ4v) is 5.26. The van der Waals surface area contributed by atoms with Gasteiger partial charge in [0.25, 0.3) is 5.91 Å². The van der Waals surface area contributed by atoms with Crippen LogP contribution >= 0.6 is 48.8 Å². The second kappa shape index (κ2) is 15.1. The molecule has 0 unspecified atom stereocenters. The number of fused-ring (bicyclic) bond motifs is 2. The molecule has 43 heavy (non-hydrogen) atoms. The van der Waals surface area contributed by atoms with Crippen molar-refractivity contribution in [1.82, 2.24) is 33.9 Å². The van der Waals surface area contributed by atoms with E-state index in [1.807, 2.05) is 43.5 Å². The molecule has 1 N–H and O–H groups in total. The minimum Gasteiger partial charge on any atom is -0.492 e. The number of halogens is 4. The van der Waals surface area contributed by atoms with Crippen molar-refractivity contribution in [3.8, 4) is 5.75 Å². The highest BCUT2D eigenvalue weighted by atomic mass is 35.5. The molecule has 0 aliphatic carbocycles. The highest BCUT2D eigenvalue weighted by molar-refractivity contribution is 6.35. The molecule has 1 fully saturated rings. The molecule has 0 radical (unpaired) electrons. The van der Waals surface area contributed by atoms with Gasteiger partial charge in [-0.15, -0.1) is 37.2 Å². The van der Waals surface area contributed by atoms with Crippen LogP contribution in [0.15, 0.2) is 61.1 Å². The molecule has 1 aliphatic rings. The normalized spacial score (nSPS) is 13.7. The number of benzene rings is 1. The van der Waals surface area contributed by atoms with Crippen molar-refractivity contribution in [2.75, 3.05) is 51.7 Å². The van der Waals surface area contributed by atoms with Gasteiger partial charge in [-0.1, -0.05) is 17.7 Å². The van der Waals surface area contributed by atoms with Crippen LogP contribution in [0.3, 0.4) is 0 Å². The van der Waals surface area contributed by atoms with Crippen molar-refractivity contribution >= 4 is 77.0 Å². The van der Waals surface area contributed by atoms with Crippen LogP contribution in [0.4, 0.5) is 5.69 Å². The zero-order valence-corrected chi connectivity index (χ0v) is 27.0. The van der Waals surface area contributed by atoms with Gasteiger partial charge >= 0.3 is 0 Å². The molecular formula is C29H34Cl4N8O2. The molecule has 0 spiro atoms. The number of piperazine rings is 1. The van der Waals surface area contributed by atoms with Gasteiger partial charge in [-0.25, -0.2) is 4.98 Å². The lowest BCUT2D eigenvalue weighted by molar-refractivity contribution is 0.102. The molecule has 5 heterocycles. The van der Waals surface area contributed by atoms with Gasteiger partial charge in [-0.3, -0.25) is 23.8 Å². The second-order valence-electron chi connectivity index (χ2n) is 10.1. The van der Waals surface area contributed by atoms with Crippen molar-refractivity contribution in [2.45, 2.75) is 13.5 Å². The molecule has 6 rings (SSSR count). The third kappa shape index (κ3) is 7.70. The Morgan fingerprint density at radius 1 is 1.05 bits per heavy atom. The lowest BCUT2D eigenvalue weighted by Gasteiger charge is -2.32. The first kappa shape index (κ1) is 34.4. The van der Waals surface area contributed by atoms with Crippen molar-refractivity contribution in [3.63, 3.8) is 0 Å². The molecule has 230 valence electrons. The molecule has 0 bridgehead atoms. The fraction of sp³-hybridized carbons (Fsp3) is 0.310. The molecule has 5 aromatic rings.